The monoisotopic (exact) mass is 404 g/mol. The van der Waals surface area contributed by atoms with Crippen molar-refractivity contribution in [3.05, 3.63) is 70.9 Å². The van der Waals surface area contributed by atoms with Gasteiger partial charge in [-0.25, -0.2) is 4.79 Å². The highest BCUT2D eigenvalue weighted by atomic mass is 16.5. The number of para-hydroxylation sites is 1. The first-order valence-electron chi connectivity index (χ1n) is 9.69. The molecule has 0 saturated carbocycles. The van der Waals surface area contributed by atoms with E-state index < -0.39 is 30.4 Å². The average molecular weight is 404 g/mol. The molecule has 2 heterocycles. The number of esters is 1. The van der Waals surface area contributed by atoms with Gasteiger partial charge in [-0.3, -0.25) is 19.3 Å². The number of imide groups is 1. The van der Waals surface area contributed by atoms with E-state index in [0.717, 1.165) is 27.8 Å². The van der Waals surface area contributed by atoms with Crippen molar-refractivity contribution in [3.8, 4) is 0 Å². The van der Waals surface area contributed by atoms with Crippen molar-refractivity contribution in [2.24, 2.45) is 0 Å². The van der Waals surface area contributed by atoms with Gasteiger partial charge in [0.2, 0.25) is 5.78 Å². The minimum atomic E-state index is -1.14. The lowest BCUT2D eigenvalue weighted by molar-refractivity contribution is -0.146. The molecule has 0 radical (unpaired) electrons. The number of hydrogen-bond acceptors (Lipinski definition) is 5. The number of aromatic nitrogens is 1. The number of benzene rings is 2. The number of aryl methyl sites for hydroxylation is 1. The number of carbonyl (C=O) groups is 4. The lowest BCUT2D eigenvalue weighted by Crippen LogP contribution is -2.44. The van der Waals surface area contributed by atoms with Crippen molar-refractivity contribution in [1.82, 2.24) is 9.88 Å². The Morgan fingerprint density at radius 2 is 1.70 bits per heavy atom. The number of nitrogens with one attached hydrogen (secondary N) is 1. The van der Waals surface area contributed by atoms with Crippen LogP contribution in [-0.2, 0) is 16.0 Å². The van der Waals surface area contributed by atoms with Crippen LogP contribution in [0.25, 0.3) is 10.9 Å². The van der Waals surface area contributed by atoms with Gasteiger partial charge in [-0.05, 0) is 31.0 Å². The van der Waals surface area contributed by atoms with Crippen molar-refractivity contribution in [2.45, 2.75) is 26.3 Å². The number of ketones is 1. The van der Waals surface area contributed by atoms with Gasteiger partial charge >= 0.3 is 5.97 Å². The number of aromatic amines is 1. The molecule has 1 aliphatic rings. The van der Waals surface area contributed by atoms with Gasteiger partial charge in [0.1, 0.15) is 6.04 Å². The number of hydrogen-bond donors (Lipinski definition) is 1. The fraction of sp³-hybridized carbons (Fsp3) is 0.217. The maximum absolute atomic E-state index is 12.6. The van der Waals surface area contributed by atoms with Crippen molar-refractivity contribution >= 4 is 34.5 Å². The number of Topliss-reactive ketones (excluding diaryl/α,β-unsaturated/α-hetero) is 1. The molecule has 7 nitrogen and oxygen atoms in total. The van der Waals surface area contributed by atoms with E-state index in [-0.39, 0.29) is 16.9 Å². The van der Waals surface area contributed by atoms with E-state index in [4.69, 9.17) is 4.74 Å². The lowest BCUT2D eigenvalue weighted by atomic mass is 10.1. The molecule has 2 aromatic carbocycles. The molecular formula is C23H20N2O5. The van der Waals surface area contributed by atoms with E-state index in [1.165, 1.54) is 6.92 Å². The summed E-state index contributed by atoms with van der Waals surface area (Å²) in [6.07, 6.45) is 2.42. The average Bonchev–Trinajstić information content (AvgIpc) is 3.31. The minimum absolute atomic E-state index is 0.253. The van der Waals surface area contributed by atoms with Gasteiger partial charge < -0.3 is 9.72 Å². The molecule has 2 amide bonds. The van der Waals surface area contributed by atoms with Gasteiger partial charge in [-0.2, -0.15) is 0 Å². The molecule has 0 bridgehead atoms. The molecule has 0 aliphatic carbocycles. The third-order valence-corrected chi connectivity index (χ3v) is 5.38. The van der Waals surface area contributed by atoms with Crippen LogP contribution in [0.4, 0.5) is 0 Å². The summed E-state index contributed by atoms with van der Waals surface area (Å²) in [7, 11) is 0. The van der Waals surface area contributed by atoms with Crippen LogP contribution >= 0.6 is 0 Å². The van der Waals surface area contributed by atoms with Gasteiger partial charge in [0.05, 0.1) is 11.1 Å². The highest BCUT2D eigenvalue weighted by Gasteiger charge is 2.41. The molecule has 0 fully saturated rings. The summed E-state index contributed by atoms with van der Waals surface area (Å²) >= 11 is 0. The molecule has 1 N–H and O–H groups in total. The zero-order chi connectivity index (χ0) is 21.4. The highest BCUT2D eigenvalue weighted by molar-refractivity contribution is 6.22. The summed E-state index contributed by atoms with van der Waals surface area (Å²) in [5, 5.41) is 0.767. The first kappa shape index (κ1) is 19.6. The Morgan fingerprint density at radius 3 is 2.33 bits per heavy atom. The third-order valence-electron chi connectivity index (χ3n) is 5.38. The van der Waals surface area contributed by atoms with Gasteiger partial charge in [-0.1, -0.05) is 37.3 Å². The van der Waals surface area contributed by atoms with Gasteiger partial charge in [0, 0.05) is 22.7 Å². The second kappa shape index (κ2) is 7.59. The predicted octanol–water partition coefficient (Wildman–Crippen LogP) is 3.14. The summed E-state index contributed by atoms with van der Waals surface area (Å²) < 4.78 is 5.15. The van der Waals surface area contributed by atoms with Crippen LogP contribution in [0.2, 0.25) is 0 Å². The number of carbonyl (C=O) groups excluding carboxylic acids is 4. The second-order valence-electron chi connectivity index (χ2n) is 7.13. The summed E-state index contributed by atoms with van der Waals surface area (Å²) in [5.41, 5.74) is 2.91. The standard InChI is InChI=1S/C23H20N2O5/c1-3-14-7-6-10-15-18(11-24-20(14)15)19(26)12-30-23(29)13(2)25-21(27)16-8-4-5-9-17(16)22(25)28/h4-11,13,24H,3,12H2,1-2H3/t13-/m0/s1. The van der Waals surface area contributed by atoms with Crippen LogP contribution < -0.4 is 0 Å². The number of rotatable bonds is 6. The van der Waals surface area contributed by atoms with Crippen LogP contribution in [0.1, 0.15) is 50.5 Å². The van der Waals surface area contributed by atoms with Crippen molar-refractivity contribution in [1.29, 1.82) is 0 Å². The number of H-pyrrole nitrogens is 1. The third kappa shape index (κ3) is 3.08. The SMILES string of the molecule is CCc1cccc2c(C(=O)COC(=O)[C@H](C)N3C(=O)c4ccccc4C3=O)c[nH]c12. The molecule has 0 unspecified atom stereocenters. The van der Waals surface area contributed by atoms with E-state index in [1.807, 2.05) is 25.1 Å². The highest BCUT2D eigenvalue weighted by Crippen LogP contribution is 2.25. The van der Waals surface area contributed by atoms with Gasteiger partial charge in [0.15, 0.2) is 6.61 Å². The Balaban J connectivity index is 1.46. The van der Waals surface area contributed by atoms with E-state index in [2.05, 4.69) is 4.98 Å². The Morgan fingerprint density at radius 1 is 1.03 bits per heavy atom. The number of amides is 2. The van der Waals surface area contributed by atoms with E-state index in [1.54, 1.807) is 30.5 Å². The van der Waals surface area contributed by atoms with Gasteiger partial charge in [-0.15, -0.1) is 0 Å². The fourth-order valence-electron chi connectivity index (χ4n) is 3.74. The van der Waals surface area contributed by atoms with E-state index in [0.29, 0.717) is 5.56 Å². The minimum Gasteiger partial charge on any atom is -0.456 e. The van der Waals surface area contributed by atoms with Crippen molar-refractivity contribution in [2.75, 3.05) is 6.61 Å². The zero-order valence-electron chi connectivity index (χ0n) is 16.6. The Labute approximate surface area is 172 Å². The molecule has 3 aromatic rings. The molecule has 1 aromatic heterocycles. The molecule has 1 atom stereocenters. The molecule has 0 saturated heterocycles. The van der Waals surface area contributed by atoms with Crippen LogP contribution in [0, 0.1) is 0 Å². The van der Waals surface area contributed by atoms with Crippen LogP contribution in [-0.4, -0.2) is 46.1 Å². The number of ether oxygens (including phenoxy) is 1. The van der Waals surface area contributed by atoms with Gasteiger partial charge in [0.25, 0.3) is 11.8 Å². The first-order chi connectivity index (χ1) is 14.4. The van der Waals surface area contributed by atoms with Crippen LogP contribution in [0.5, 0.6) is 0 Å². The van der Waals surface area contributed by atoms with Crippen molar-refractivity contribution in [3.63, 3.8) is 0 Å². The summed E-state index contributed by atoms with van der Waals surface area (Å²) in [6, 6.07) is 10.9. The van der Waals surface area contributed by atoms with Crippen molar-refractivity contribution < 1.29 is 23.9 Å². The zero-order valence-corrected chi connectivity index (χ0v) is 16.6. The van der Waals surface area contributed by atoms with Crippen LogP contribution in [0.15, 0.2) is 48.7 Å². The predicted molar refractivity (Wildman–Crippen MR) is 109 cm³/mol. The Bertz CT molecular complexity index is 1160. The number of nitrogens with zero attached hydrogens (tertiary/aromatic N) is 1. The molecule has 4 rings (SSSR count). The number of fused-ring (bicyclic) bond motifs is 2. The summed E-state index contributed by atoms with van der Waals surface area (Å²) in [5.74, 6) is -2.27. The smallest absolute Gasteiger partial charge is 0.329 e. The Hall–Kier alpha value is -3.74. The largest absolute Gasteiger partial charge is 0.456 e. The molecule has 0 spiro atoms. The molecule has 30 heavy (non-hydrogen) atoms. The van der Waals surface area contributed by atoms with E-state index in [9.17, 15) is 19.2 Å². The van der Waals surface area contributed by atoms with E-state index >= 15 is 0 Å². The molecule has 1 aliphatic heterocycles. The molecular weight excluding hydrogens is 384 g/mol. The fourth-order valence-corrected chi connectivity index (χ4v) is 3.74. The summed E-state index contributed by atoms with van der Waals surface area (Å²) in [6.45, 7) is 2.96. The molecule has 152 valence electrons. The normalized spacial score (nSPS) is 14.1. The summed E-state index contributed by atoms with van der Waals surface area (Å²) in [4.78, 5) is 54.1. The lowest BCUT2D eigenvalue weighted by Gasteiger charge is -2.20. The maximum atomic E-state index is 12.6. The maximum Gasteiger partial charge on any atom is 0.329 e. The molecule has 7 heteroatoms. The van der Waals surface area contributed by atoms with Crippen LogP contribution in [0.3, 0.4) is 0 Å². The topological polar surface area (TPSA) is 96.5 Å². The first-order valence-corrected chi connectivity index (χ1v) is 9.69. The second-order valence-corrected chi connectivity index (χ2v) is 7.13. The quantitative estimate of drug-likeness (QED) is 0.387. The Kier molecular flexibility index (Phi) is 4.95.